The molecule has 2 heterocycles. The number of alkyl halides is 1. The molecule has 6 nitrogen and oxygen atoms in total. The Morgan fingerprint density at radius 3 is 2.53 bits per heavy atom. The van der Waals surface area contributed by atoms with Gasteiger partial charge in [0, 0.05) is 37.8 Å². The van der Waals surface area contributed by atoms with Crippen LogP contribution in [0.5, 0.6) is 0 Å². The molecule has 0 bridgehead atoms. The van der Waals surface area contributed by atoms with Gasteiger partial charge in [-0.2, -0.15) is 9.40 Å². The van der Waals surface area contributed by atoms with Crippen molar-refractivity contribution in [1.82, 2.24) is 19.4 Å². The first-order valence-electron chi connectivity index (χ1n) is 6.29. The predicted octanol–water partition coefficient (Wildman–Crippen LogP) is 0.863. The summed E-state index contributed by atoms with van der Waals surface area (Å²) in [5, 5.41) is 6.45. The molecule has 0 saturated carbocycles. The van der Waals surface area contributed by atoms with Gasteiger partial charge >= 0.3 is 0 Å². The summed E-state index contributed by atoms with van der Waals surface area (Å²) in [6.45, 7) is 6.74. The highest BCUT2D eigenvalue weighted by Crippen LogP contribution is 2.20. The van der Waals surface area contributed by atoms with Crippen molar-refractivity contribution >= 4 is 21.6 Å². The minimum atomic E-state index is -3.51. The van der Waals surface area contributed by atoms with Gasteiger partial charge in [-0.15, -0.1) is 11.6 Å². The second-order valence-corrected chi connectivity index (χ2v) is 7.03. The van der Waals surface area contributed by atoms with Crippen LogP contribution in [0.15, 0.2) is 11.2 Å². The Hall–Kier alpha value is -0.630. The summed E-state index contributed by atoms with van der Waals surface area (Å²) in [4.78, 5) is 2.27. The Bertz CT molecular complexity index is 521. The van der Waals surface area contributed by atoms with Crippen LogP contribution in [0.1, 0.15) is 19.4 Å². The fourth-order valence-corrected chi connectivity index (χ4v) is 4.02. The summed E-state index contributed by atoms with van der Waals surface area (Å²) >= 11 is 5.73. The lowest BCUT2D eigenvalue weighted by atomic mass is 10.3. The van der Waals surface area contributed by atoms with E-state index in [1.54, 1.807) is 0 Å². The zero-order valence-electron chi connectivity index (χ0n) is 11.1. The van der Waals surface area contributed by atoms with Gasteiger partial charge in [0.1, 0.15) is 0 Å². The van der Waals surface area contributed by atoms with Crippen LogP contribution in [0.3, 0.4) is 0 Å². The van der Waals surface area contributed by atoms with Crippen LogP contribution < -0.4 is 0 Å². The number of piperazine rings is 1. The summed E-state index contributed by atoms with van der Waals surface area (Å²) < 4.78 is 26.5. The Labute approximate surface area is 118 Å². The van der Waals surface area contributed by atoms with Crippen LogP contribution in [-0.2, 0) is 15.9 Å². The van der Waals surface area contributed by atoms with Crippen molar-refractivity contribution in [2.75, 3.05) is 26.2 Å². The largest absolute Gasteiger partial charge is 0.298 e. The number of hydrogen-bond acceptors (Lipinski definition) is 4. The second kappa shape index (κ2) is 5.78. The van der Waals surface area contributed by atoms with E-state index in [-0.39, 0.29) is 10.9 Å². The van der Waals surface area contributed by atoms with Crippen molar-refractivity contribution in [3.05, 3.63) is 11.8 Å². The van der Waals surface area contributed by atoms with Gasteiger partial charge in [-0.05, 0) is 13.8 Å². The van der Waals surface area contributed by atoms with Crippen LogP contribution >= 0.6 is 11.6 Å². The van der Waals surface area contributed by atoms with Gasteiger partial charge in [-0.25, -0.2) is 8.42 Å². The highest BCUT2D eigenvalue weighted by Gasteiger charge is 2.31. The molecule has 0 atom stereocenters. The first-order valence-corrected chi connectivity index (χ1v) is 8.26. The standard InChI is InChI=1S/C11H19ClN4O2S/c1-9(2)15-3-5-16(6-4-15)19(17,18)11-10(7-12)8-13-14-11/h8-9H,3-7H2,1-2H3,(H,13,14). The maximum Gasteiger partial charge on any atom is 0.260 e. The molecule has 2 rings (SSSR count). The van der Waals surface area contributed by atoms with Crippen LogP contribution in [0.2, 0.25) is 0 Å². The molecular formula is C11H19ClN4O2S. The van der Waals surface area contributed by atoms with Crippen molar-refractivity contribution in [3.63, 3.8) is 0 Å². The molecule has 0 spiro atoms. The molecule has 19 heavy (non-hydrogen) atoms. The van der Waals surface area contributed by atoms with Gasteiger partial charge in [0.25, 0.3) is 10.0 Å². The lowest BCUT2D eigenvalue weighted by Crippen LogP contribution is -2.50. The lowest BCUT2D eigenvalue weighted by Gasteiger charge is -2.36. The number of rotatable bonds is 4. The Morgan fingerprint density at radius 1 is 1.37 bits per heavy atom. The van der Waals surface area contributed by atoms with Gasteiger partial charge in [0.2, 0.25) is 0 Å². The molecule has 1 aromatic rings. The molecule has 1 saturated heterocycles. The zero-order valence-corrected chi connectivity index (χ0v) is 12.7. The summed E-state index contributed by atoms with van der Waals surface area (Å²) in [6.07, 6.45) is 1.46. The molecule has 108 valence electrons. The predicted molar refractivity (Wildman–Crippen MR) is 73.6 cm³/mol. The van der Waals surface area contributed by atoms with E-state index in [1.807, 2.05) is 0 Å². The third-order valence-electron chi connectivity index (χ3n) is 3.42. The molecule has 1 aromatic heterocycles. The fourth-order valence-electron chi connectivity index (χ4n) is 2.21. The first kappa shape index (κ1) is 14.8. The fraction of sp³-hybridized carbons (Fsp3) is 0.727. The molecule has 0 unspecified atom stereocenters. The topological polar surface area (TPSA) is 69.3 Å². The van der Waals surface area contributed by atoms with Crippen molar-refractivity contribution < 1.29 is 8.42 Å². The number of nitrogens with one attached hydrogen (secondary N) is 1. The van der Waals surface area contributed by atoms with E-state index in [2.05, 4.69) is 28.9 Å². The van der Waals surface area contributed by atoms with Gasteiger partial charge in [0.05, 0.1) is 12.1 Å². The van der Waals surface area contributed by atoms with Gasteiger partial charge in [-0.3, -0.25) is 10.00 Å². The van der Waals surface area contributed by atoms with E-state index in [0.717, 1.165) is 13.1 Å². The molecule has 8 heteroatoms. The summed E-state index contributed by atoms with van der Waals surface area (Å²) in [6, 6.07) is 0.440. The summed E-state index contributed by atoms with van der Waals surface area (Å²) in [7, 11) is -3.51. The van der Waals surface area contributed by atoms with Crippen LogP contribution in [-0.4, -0.2) is 60.0 Å². The molecule has 1 aliphatic heterocycles. The average molecular weight is 307 g/mol. The Balaban J connectivity index is 2.14. The van der Waals surface area contributed by atoms with Crippen LogP contribution in [0.25, 0.3) is 0 Å². The van der Waals surface area contributed by atoms with E-state index >= 15 is 0 Å². The second-order valence-electron chi connectivity index (χ2n) is 4.89. The lowest BCUT2D eigenvalue weighted by molar-refractivity contribution is 0.154. The van der Waals surface area contributed by atoms with Crippen molar-refractivity contribution in [2.24, 2.45) is 0 Å². The van der Waals surface area contributed by atoms with E-state index in [0.29, 0.717) is 24.7 Å². The molecule has 0 aliphatic carbocycles. The van der Waals surface area contributed by atoms with Crippen molar-refractivity contribution in [3.8, 4) is 0 Å². The highest BCUT2D eigenvalue weighted by atomic mass is 35.5. The minimum absolute atomic E-state index is 0.125. The number of sulfonamides is 1. The summed E-state index contributed by atoms with van der Waals surface area (Å²) in [5.41, 5.74) is 0.521. The average Bonchev–Trinajstić information content (AvgIpc) is 2.87. The summed E-state index contributed by atoms with van der Waals surface area (Å²) in [5.74, 6) is 0.136. The number of halogens is 1. The number of aromatic nitrogens is 2. The Morgan fingerprint density at radius 2 is 2.00 bits per heavy atom. The number of nitrogens with zero attached hydrogens (tertiary/aromatic N) is 3. The van der Waals surface area contributed by atoms with Crippen molar-refractivity contribution in [2.45, 2.75) is 30.8 Å². The third kappa shape index (κ3) is 2.94. The third-order valence-corrected chi connectivity index (χ3v) is 5.63. The van der Waals surface area contributed by atoms with Crippen LogP contribution in [0, 0.1) is 0 Å². The monoisotopic (exact) mass is 306 g/mol. The maximum absolute atomic E-state index is 12.5. The van der Waals surface area contributed by atoms with E-state index in [4.69, 9.17) is 11.6 Å². The molecule has 0 amide bonds. The van der Waals surface area contributed by atoms with Gasteiger partial charge in [-0.1, -0.05) is 0 Å². The first-order chi connectivity index (χ1) is 8.96. The van der Waals surface area contributed by atoms with E-state index in [9.17, 15) is 8.42 Å². The molecule has 1 fully saturated rings. The van der Waals surface area contributed by atoms with Gasteiger partial charge < -0.3 is 0 Å². The van der Waals surface area contributed by atoms with E-state index < -0.39 is 10.0 Å². The molecule has 1 aliphatic rings. The van der Waals surface area contributed by atoms with Gasteiger partial charge in [0.15, 0.2) is 5.03 Å². The molecule has 0 aromatic carbocycles. The van der Waals surface area contributed by atoms with Crippen molar-refractivity contribution in [1.29, 1.82) is 0 Å². The zero-order chi connectivity index (χ0) is 14.0. The minimum Gasteiger partial charge on any atom is -0.298 e. The number of hydrogen-bond donors (Lipinski definition) is 1. The van der Waals surface area contributed by atoms with Crippen LogP contribution in [0.4, 0.5) is 0 Å². The smallest absolute Gasteiger partial charge is 0.260 e. The highest BCUT2D eigenvalue weighted by molar-refractivity contribution is 7.89. The maximum atomic E-state index is 12.5. The quantitative estimate of drug-likeness (QED) is 0.838. The molecular weight excluding hydrogens is 288 g/mol. The van der Waals surface area contributed by atoms with E-state index in [1.165, 1.54) is 10.5 Å². The number of aromatic amines is 1. The molecule has 0 radical (unpaired) electrons. The normalized spacial score (nSPS) is 19.2. The number of H-pyrrole nitrogens is 1. The SMILES string of the molecule is CC(C)N1CCN(S(=O)(=O)c2[nH]ncc2CCl)CC1. The molecule has 1 N–H and O–H groups in total. The Kier molecular flexibility index (Phi) is 4.50.